The molecule has 0 radical (unpaired) electrons. The van der Waals surface area contributed by atoms with Crippen LogP contribution in [0.2, 0.25) is 0 Å². The number of fused-ring (bicyclic) bond motifs is 1. The molecule has 1 aromatic heterocycles. The molecule has 0 bridgehead atoms. The summed E-state index contributed by atoms with van der Waals surface area (Å²) in [6.45, 7) is 1.95. The molecule has 26 heavy (non-hydrogen) atoms. The second-order valence-electron chi connectivity index (χ2n) is 6.24. The highest BCUT2D eigenvalue weighted by Gasteiger charge is 2.40. The third-order valence-electron chi connectivity index (χ3n) is 4.16. The average molecular weight is 395 g/mol. The van der Waals surface area contributed by atoms with E-state index in [1.807, 2.05) is 37.4 Å². The number of para-hydroxylation sites is 1. The van der Waals surface area contributed by atoms with Crippen molar-refractivity contribution in [2.24, 2.45) is 4.99 Å². The zero-order valence-corrected chi connectivity index (χ0v) is 15.8. The van der Waals surface area contributed by atoms with Crippen LogP contribution in [0.1, 0.15) is 13.3 Å². The van der Waals surface area contributed by atoms with Crippen LogP contribution in [0.3, 0.4) is 0 Å². The van der Waals surface area contributed by atoms with Crippen molar-refractivity contribution in [2.75, 3.05) is 12.5 Å². The molecule has 3 rings (SSSR count). The van der Waals surface area contributed by atoms with Gasteiger partial charge in [-0.25, -0.2) is 4.79 Å². The van der Waals surface area contributed by atoms with Gasteiger partial charge in [-0.2, -0.15) is 0 Å². The van der Waals surface area contributed by atoms with E-state index in [4.69, 9.17) is 32.7 Å². The van der Waals surface area contributed by atoms with E-state index < -0.39 is 16.9 Å². The van der Waals surface area contributed by atoms with Crippen LogP contribution in [-0.4, -0.2) is 46.7 Å². The highest BCUT2D eigenvalue weighted by molar-refractivity contribution is 6.28. The monoisotopic (exact) mass is 394 g/mol. The summed E-state index contributed by atoms with van der Waals surface area (Å²) in [5, 5.41) is 0.570. The first-order valence-corrected chi connectivity index (χ1v) is 9.34. The zero-order chi connectivity index (χ0) is 18.6. The van der Waals surface area contributed by atoms with E-state index in [9.17, 15) is 4.79 Å². The highest BCUT2D eigenvalue weighted by atomic mass is 35.5. The van der Waals surface area contributed by atoms with Crippen LogP contribution < -0.4 is 4.74 Å². The molecule has 1 aliphatic heterocycles. The fourth-order valence-corrected chi connectivity index (χ4v) is 3.07. The van der Waals surface area contributed by atoms with Gasteiger partial charge in [-0.15, -0.1) is 23.2 Å². The lowest BCUT2D eigenvalue weighted by Crippen LogP contribution is -2.40. The molecule has 0 saturated carbocycles. The Kier molecular flexibility index (Phi) is 5.89. The van der Waals surface area contributed by atoms with Crippen molar-refractivity contribution in [1.29, 1.82) is 0 Å². The number of aromatic amines is 1. The van der Waals surface area contributed by atoms with Gasteiger partial charge in [-0.05, 0) is 31.2 Å². The minimum atomic E-state index is -1.09. The highest BCUT2D eigenvalue weighted by Crippen LogP contribution is 2.30. The molecule has 1 aliphatic rings. The Balaban J connectivity index is 1.69. The second kappa shape index (κ2) is 8.14. The van der Waals surface area contributed by atoms with Crippen LogP contribution in [-0.2, 0) is 9.53 Å². The molecule has 0 saturated heterocycles. The van der Waals surface area contributed by atoms with Gasteiger partial charge in [0.05, 0.1) is 11.5 Å². The van der Waals surface area contributed by atoms with E-state index in [0.717, 1.165) is 16.7 Å². The van der Waals surface area contributed by atoms with E-state index in [-0.39, 0.29) is 18.6 Å². The summed E-state index contributed by atoms with van der Waals surface area (Å²) < 4.78 is 11.4. The van der Waals surface area contributed by atoms with Gasteiger partial charge in [-0.3, -0.25) is 4.99 Å². The summed E-state index contributed by atoms with van der Waals surface area (Å²) in [7, 11) is 0. The Hall–Kier alpha value is -1.98. The number of halogens is 2. The molecule has 0 amide bonds. The number of alkyl halides is 2. The molecule has 3 atom stereocenters. The molecule has 2 aromatic rings. The molecule has 1 N–H and O–H groups in total. The van der Waals surface area contributed by atoms with Gasteiger partial charge in [0.1, 0.15) is 12.4 Å². The molecule has 138 valence electrons. The summed E-state index contributed by atoms with van der Waals surface area (Å²) in [5.74, 6) is 0.499. The molecule has 2 heterocycles. The SMILES string of the molecule is CC(CC1(C(=O)OCC(Cl)CCl)C=CC=N1)Oc1c[nH]c2ccccc12. The molecular weight excluding hydrogens is 375 g/mol. The van der Waals surface area contributed by atoms with Crippen LogP contribution in [0.5, 0.6) is 5.75 Å². The average Bonchev–Trinajstić information content (AvgIpc) is 3.27. The van der Waals surface area contributed by atoms with Crippen molar-refractivity contribution >= 4 is 46.3 Å². The third kappa shape index (κ3) is 4.05. The summed E-state index contributed by atoms with van der Waals surface area (Å²) in [4.78, 5) is 20.1. The van der Waals surface area contributed by atoms with Gasteiger partial charge in [0.2, 0.25) is 0 Å². The maximum absolute atomic E-state index is 12.6. The van der Waals surface area contributed by atoms with Crippen LogP contribution in [0.25, 0.3) is 10.9 Å². The number of ether oxygens (including phenoxy) is 2. The number of carbonyl (C=O) groups excluding carboxylic acids is 1. The van der Waals surface area contributed by atoms with Gasteiger partial charge in [-0.1, -0.05) is 12.1 Å². The largest absolute Gasteiger partial charge is 0.488 e. The molecule has 0 spiro atoms. The summed E-state index contributed by atoms with van der Waals surface area (Å²) in [6, 6.07) is 7.88. The van der Waals surface area contributed by atoms with E-state index in [2.05, 4.69) is 9.98 Å². The van der Waals surface area contributed by atoms with E-state index in [1.54, 1.807) is 18.4 Å². The number of allylic oxidation sites excluding steroid dienone is 1. The fraction of sp³-hybridized carbons (Fsp3) is 0.368. The van der Waals surface area contributed by atoms with Crippen LogP contribution in [0, 0.1) is 0 Å². The van der Waals surface area contributed by atoms with E-state index >= 15 is 0 Å². The molecule has 1 aromatic carbocycles. The van der Waals surface area contributed by atoms with Crippen LogP contribution in [0.15, 0.2) is 47.6 Å². The van der Waals surface area contributed by atoms with Crippen molar-refractivity contribution < 1.29 is 14.3 Å². The van der Waals surface area contributed by atoms with Gasteiger partial charge >= 0.3 is 5.97 Å². The van der Waals surface area contributed by atoms with Crippen molar-refractivity contribution in [3.8, 4) is 5.75 Å². The van der Waals surface area contributed by atoms with E-state index in [1.165, 1.54) is 0 Å². The first-order chi connectivity index (χ1) is 12.5. The quantitative estimate of drug-likeness (QED) is 0.541. The lowest BCUT2D eigenvalue weighted by molar-refractivity contribution is -0.148. The molecule has 5 nitrogen and oxygen atoms in total. The Morgan fingerprint density at radius 2 is 2.19 bits per heavy atom. The van der Waals surface area contributed by atoms with Crippen molar-refractivity contribution in [3.63, 3.8) is 0 Å². The van der Waals surface area contributed by atoms with Gasteiger partial charge < -0.3 is 14.5 Å². The number of benzene rings is 1. The van der Waals surface area contributed by atoms with Crippen LogP contribution in [0.4, 0.5) is 0 Å². The first-order valence-electron chi connectivity index (χ1n) is 8.37. The van der Waals surface area contributed by atoms with Crippen molar-refractivity contribution in [1.82, 2.24) is 4.98 Å². The topological polar surface area (TPSA) is 63.7 Å². The number of H-pyrrole nitrogens is 1. The second-order valence-corrected chi connectivity index (χ2v) is 7.17. The lowest BCUT2D eigenvalue weighted by atomic mass is 9.94. The predicted octanol–water partition coefficient (Wildman–Crippen LogP) is 4.09. The standard InChI is InChI=1S/C19H20Cl2N2O3/c1-13(26-17-11-22-16-6-3-2-5-15(16)17)9-19(7-4-8-23-19)18(24)25-12-14(21)10-20/h2-8,11,13-14,22H,9-10,12H2,1H3. The predicted molar refractivity (Wildman–Crippen MR) is 105 cm³/mol. The maximum atomic E-state index is 12.6. The molecule has 3 unspecified atom stereocenters. The molecule has 7 heteroatoms. The van der Waals surface area contributed by atoms with E-state index in [0.29, 0.717) is 6.42 Å². The smallest absolute Gasteiger partial charge is 0.338 e. The van der Waals surface area contributed by atoms with Crippen molar-refractivity contribution in [3.05, 3.63) is 42.6 Å². The fourth-order valence-electron chi connectivity index (χ4n) is 2.92. The minimum Gasteiger partial charge on any atom is -0.488 e. The molecule has 0 fully saturated rings. The Bertz CT molecular complexity index is 819. The summed E-state index contributed by atoms with van der Waals surface area (Å²) in [5.41, 5.74) is -0.0918. The van der Waals surface area contributed by atoms with Gasteiger partial charge in [0, 0.05) is 35.6 Å². The van der Waals surface area contributed by atoms with Crippen molar-refractivity contribution in [2.45, 2.75) is 30.4 Å². The first kappa shape index (κ1) is 18.8. The van der Waals surface area contributed by atoms with Gasteiger partial charge in [0.25, 0.3) is 0 Å². The number of aliphatic imine (C=N–C) groups is 1. The number of esters is 1. The number of nitrogens with one attached hydrogen (secondary N) is 1. The molecule has 0 aliphatic carbocycles. The Morgan fingerprint density at radius 3 is 2.92 bits per heavy atom. The third-order valence-corrected chi connectivity index (χ3v) is 4.97. The van der Waals surface area contributed by atoms with Crippen LogP contribution >= 0.6 is 23.2 Å². The minimum absolute atomic E-state index is 0.0483. The normalized spacial score (nSPS) is 21.0. The summed E-state index contributed by atoms with van der Waals surface area (Å²) in [6.07, 6.45) is 6.97. The maximum Gasteiger partial charge on any atom is 0.338 e. The number of aromatic nitrogens is 1. The Labute approximate surface area is 162 Å². The molecular formula is C19H20Cl2N2O3. The number of hydrogen-bond donors (Lipinski definition) is 1. The number of rotatable bonds is 8. The Morgan fingerprint density at radius 1 is 1.38 bits per heavy atom. The number of hydrogen-bond acceptors (Lipinski definition) is 4. The summed E-state index contributed by atoms with van der Waals surface area (Å²) >= 11 is 11.6. The number of nitrogens with zero attached hydrogens (tertiary/aromatic N) is 1. The number of carbonyl (C=O) groups is 1. The lowest BCUT2D eigenvalue weighted by Gasteiger charge is -2.26. The van der Waals surface area contributed by atoms with Gasteiger partial charge in [0.15, 0.2) is 5.54 Å². The zero-order valence-electron chi connectivity index (χ0n) is 14.3.